The fraction of sp³-hybridized carbons (Fsp3) is 0.516. The largest absolute Gasteiger partial charge is 0.494 e. The molecular formula is C31H39N3O6. The number of anilines is 1. The first-order valence-corrected chi connectivity index (χ1v) is 14.0. The number of amides is 3. The van der Waals surface area contributed by atoms with Crippen LogP contribution in [-0.4, -0.2) is 63.7 Å². The molecule has 0 aromatic heterocycles. The van der Waals surface area contributed by atoms with E-state index < -0.39 is 40.7 Å². The van der Waals surface area contributed by atoms with E-state index in [0.717, 1.165) is 0 Å². The summed E-state index contributed by atoms with van der Waals surface area (Å²) in [6, 6.07) is 14.5. The molecule has 3 N–H and O–H groups in total. The lowest BCUT2D eigenvalue weighted by Gasteiger charge is -2.38. The van der Waals surface area contributed by atoms with Crippen LogP contribution in [-0.2, 0) is 19.1 Å². The number of hydrogen-bond donors (Lipinski definition) is 3. The van der Waals surface area contributed by atoms with Crippen molar-refractivity contribution < 1.29 is 29.0 Å². The monoisotopic (exact) mass is 549 g/mol. The number of carbonyl (C=O) groups is 3. The lowest BCUT2D eigenvalue weighted by Crippen LogP contribution is -2.59. The zero-order chi connectivity index (χ0) is 28.9. The van der Waals surface area contributed by atoms with Crippen molar-refractivity contribution in [1.82, 2.24) is 10.2 Å². The summed E-state index contributed by atoms with van der Waals surface area (Å²) >= 11 is 0. The minimum Gasteiger partial charge on any atom is -0.494 e. The molecule has 3 aliphatic heterocycles. The second kappa shape index (κ2) is 10.2. The maximum Gasteiger partial charge on any atom is 0.246 e. The highest BCUT2D eigenvalue weighted by molar-refractivity contribution is 6.02. The molecule has 9 heteroatoms. The first kappa shape index (κ1) is 28.1. The Balaban J connectivity index is 1.54. The van der Waals surface area contributed by atoms with Crippen LogP contribution in [0.5, 0.6) is 5.75 Å². The standard InChI is InChI=1S/C31H39N3O6/c1-6-39-21-14-12-20(13-15-21)32-26(36)23-24-28(38)34(22(18-35)19-10-8-7-9-11-19)25(27(37)33-29(2,3)4)31(24)17-16-30(23,5)40-31/h7-15,22-25,35H,6,16-18H2,1-5H3,(H,32,36)(H,33,37)/t22-,23-,24+,25?,30+,31?/m1/s1. The molecule has 5 rings (SSSR count). The maximum atomic E-state index is 14.4. The van der Waals surface area contributed by atoms with Gasteiger partial charge in [0, 0.05) is 11.2 Å². The van der Waals surface area contributed by atoms with Crippen LogP contribution in [0.3, 0.4) is 0 Å². The third kappa shape index (κ3) is 4.65. The van der Waals surface area contributed by atoms with E-state index in [0.29, 0.717) is 36.4 Å². The van der Waals surface area contributed by atoms with E-state index in [1.54, 1.807) is 24.3 Å². The van der Waals surface area contributed by atoms with Gasteiger partial charge in [0.25, 0.3) is 0 Å². The molecule has 3 amide bonds. The number of rotatable bonds is 8. The van der Waals surface area contributed by atoms with Crippen LogP contribution in [0.2, 0.25) is 0 Å². The summed E-state index contributed by atoms with van der Waals surface area (Å²) in [5, 5.41) is 16.6. The molecule has 3 heterocycles. The fourth-order valence-corrected chi connectivity index (χ4v) is 6.89. The van der Waals surface area contributed by atoms with E-state index in [1.807, 2.05) is 65.0 Å². The molecule has 0 radical (unpaired) electrons. The molecule has 2 aromatic carbocycles. The van der Waals surface area contributed by atoms with Gasteiger partial charge < -0.3 is 30.1 Å². The van der Waals surface area contributed by atoms with Crippen LogP contribution in [0.25, 0.3) is 0 Å². The van der Waals surface area contributed by atoms with Crippen molar-refractivity contribution in [2.24, 2.45) is 11.8 Å². The van der Waals surface area contributed by atoms with Crippen LogP contribution in [0, 0.1) is 11.8 Å². The lowest BCUT2D eigenvalue weighted by molar-refractivity contribution is -0.149. The Kier molecular flexibility index (Phi) is 7.17. The molecule has 0 saturated carbocycles. The van der Waals surface area contributed by atoms with Gasteiger partial charge in [-0.1, -0.05) is 30.3 Å². The number of aliphatic hydroxyl groups is 1. The van der Waals surface area contributed by atoms with Crippen LogP contribution >= 0.6 is 0 Å². The van der Waals surface area contributed by atoms with Crippen molar-refractivity contribution in [2.45, 2.75) is 76.3 Å². The third-order valence-corrected chi connectivity index (χ3v) is 8.37. The van der Waals surface area contributed by atoms with Gasteiger partial charge in [0.1, 0.15) is 17.4 Å². The number of ether oxygens (including phenoxy) is 2. The predicted molar refractivity (Wildman–Crippen MR) is 149 cm³/mol. The number of fused-ring (bicyclic) bond motifs is 1. The van der Waals surface area contributed by atoms with Gasteiger partial charge in [0.05, 0.1) is 36.7 Å². The summed E-state index contributed by atoms with van der Waals surface area (Å²) in [5.74, 6) is -2.03. The average Bonchev–Trinajstić information content (AvgIpc) is 3.46. The second-order valence-electron chi connectivity index (χ2n) is 12.3. The van der Waals surface area contributed by atoms with Gasteiger partial charge in [-0.05, 0) is 77.3 Å². The number of nitrogens with one attached hydrogen (secondary N) is 2. The number of hydrogen-bond acceptors (Lipinski definition) is 6. The van der Waals surface area contributed by atoms with Gasteiger partial charge in [-0.25, -0.2) is 0 Å². The van der Waals surface area contributed by atoms with Crippen molar-refractivity contribution in [2.75, 3.05) is 18.5 Å². The van der Waals surface area contributed by atoms with Gasteiger partial charge in [-0.15, -0.1) is 0 Å². The lowest BCUT2D eigenvalue weighted by atomic mass is 9.66. The molecule has 3 fully saturated rings. The summed E-state index contributed by atoms with van der Waals surface area (Å²) in [6.07, 6.45) is 0.985. The smallest absolute Gasteiger partial charge is 0.246 e. The molecular weight excluding hydrogens is 510 g/mol. The van der Waals surface area contributed by atoms with Crippen molar-refractivity contribution in [3.8, 4) is 5.75 Å². The van der Waals surface area contributed by atoms with E-state index in [4.69, 9.17) is 9.47 Å². The minimum atomic E-state index is -1.19. The Morgan fingerprint density at radius 2 is 1.77 bits per heavy atom. The molecule has 2 bridgehead atoms. The second-order valence-corrected chi connectivity index (χ2v) is 12.3. The average molecular weight is 550 g/mol. The highest BCUT2D eigenvalue weighted by Gasteiger charge is 2.78. The highest BCUT2D eigenvalue weighted by atomic mass is 16.5. The van der Waals surface area contributed by atoms with E-state index in [9.17, 15) is 19.5 Å². The third-order valence-electron chi connectivity index (χ3n) is 8.37. The molecule has 3 saturated heterocycles. The zero-order valence-corrected chi connectivity index (χ0v) is 23.8. The first-order valence-electron chi connectivity index (χ1n) is 14.0. The Hall–Kier alpha value is -3.43. The molecule has 0 aliphatic carbocycles. The minimum absolute atomic E-state index is 0.330. The zero-order valence-electron chi connectivity index (χ0n) is 23.8. The van der Waals surface area contributed by atoms with Gasteiger partial charge >= 0.3 is 0 Å². The normalized spacial score (nSPS) is 29.7. The van der Waals surface area contributed by atoms with E-state index >= 15 is 0 Å². The molecule has 214 valence electrons. The topological polar surface area (TPSA) is 117 Å². The first-order chi connectivity index (χ1) is 18.9. The highest BCUT2D eigenvalue weighted by Crippen LogP contribution is 2.64. The van der Waals surface area contributed by atoms with Crippen LogP contribution < -0.4 is 15.4 Å². The summed E-state index contributed by atoms with van der Waals surface area (Å²) in [5.41, 5.74) is -1.38. The quantitative estimate of drug-likeness (QED) is 0.465. The summed E-state index contributed by atoms with van der Waals surface area (Å²) in [6.45, 7) is 9.55. The number of aliphatic hydroxyl groups excluding tert-OH is 1. The maximum absolute atomic E-state index is 14.4. The van der Waals surface area contributed by atoms with Gasteiger partial charge in [-0.2, -0.15) is 0 Å². The fourth-order valence-electron chi connectivity index (χ4n) is 6.89. The van der Waals surface area contributed by atoms with Crippen molar-refractivity contribution in [3.05, 3.63) is 60.2 Å². The predicted octanol–water partition coefficient (Wildman–Crippen LogP) is 3.44. The van der Waals surface area contributed by atoms with Gasteiger partial charge in [0.15, 0.2) is 0 Å². The number of benzene rings is 2. The Morgan fingerprint density at radius 3 is 2.38 bits per heavy atom. The van der Waals surface area contributed by atoms with Crippen molar-refractivity contribution in [1.29, 1.82) is 0 Å². The Morgan fingerprint density at radius 1 is 1.10 bits per heavy atom. The summed E-state index contributed by atoms with van der Waals surface area (Å²) < 4.78 is 12.2. The molecule has 9 nitrogen and oxygen atoms in total. The van der Waals surface area contributed by atoms with Crippen LogP contribution in [0.15, 0.2) is 54.6 Å². The number of likely N-dealkylation sites (tertiary alicyclic amines) is 1. The number of carbonyl (C=O) groups excluding carboxylic acids is 3. The molecule has 1 spiro atoms. The molecule has 3 aliphatic rings. The summed E-state index contributed by atoms with van der Waals surface area (Å²) in [7, 11) is 0. The Bertz CT molecular complexity index is 1280. The van der Waals surface area contributed by atoms with E-state index in [1.165, 1.54) is 4.90 Å². The molecule has 40 heavy (non-hydrogen) atoms. The molecule has 2 aromatic rings. The van der Waals surface area contributed by atoms with Crippen molar-refractivity contribution >= 4 is 23.4 Å². The SMILES string of the molecule is CCOc1ccc(NC(=O)[C@H]2[C@H]3C(=O)N([C@H](CO)c4ccccc4)C(C(=O)NC(C)(C)C)C34CC[C@]2(C)O4)cc1. The molecule has 6 atom stereocenters. The summed E-state index contributed by atoms with van der Waals surface area (Å²) in [4.78, 5) is 43.7. The number of nitrogens with zero attached hydrogens (tertiary/aromatic N) is 1. The van der Waals surface area contributed by atoms with E-state index in [2.05, 4.69) is 10.6 Å². The van der Waals surface area contributed by atoms with E-state index in [-0.39, 0.29) is 24.3 Å². The van der Waals surface area contributed by atoms with Gasteiger partial charge in [-0.3, -0.25) is 14.4 Å². The van der Waals surface area contributed by atoms with Crippen LogP contribution in [0.4, 0.5) is 5.69 Å². The van der Waals surface area contributed by atoms with Gasteiger partial charge in [0.2, 0.25) is 17.7 Å². The van der Waals surface area contributed by atoms with Crippen LogP contribution in [0.1, 0.15) is 59.1 Å². The Labute approximate surface area is 235 Å². The molecule has 2 unspecified atom stereocenters. The van der Waals surface area contributed by atoms with Crippen molar-refractivity contribution in [3.63, 3.8) is 0 Å².